The molecule has 0 rings (SSSR count). The number of carbonyl (C=O) groups excluding carboxylic acids is 2. The van der Waals surface area contributed by atoms with Crippen LogP contribution >= 0.6 is 0 Å². The molecule has 6 heteroatoms. The zero-order valence-electron chi connectivity index (χ0n) is 9.63. The van der Waals surface area contributed by atoms with E-state index in [4.69, 9.17) is 4.74 Å². The minimum Gasteiger partial charge on any atom is -0.444 e. The van der Waals surface area contributed by atoms with E-state index in [1.807, 2.05) is 0 Å². The molecule has 1 amide bonds. The molecule has 0 spiro atoms. The summed E-state index contributed by atoms with van der Waals surface area (Å²) in [5.41, 5.74) is -0.672. The van der Waals surface area contributed by atoms with Crippen molar-refractivity contribution < 1.29 is 23.1 Å². The lowest BCUT2D eigenvalue weighted by atomic mass is 10.1. The van der Waals surface area contributed by atoms with Crippen molar-refractivity contribution in [2.75, 3.05) is 6.54 Å². The lowest BCUT2D eigenvalue weighted by molar-refractivity contribution is -0.109. The van der Waals surface area contributed by atoms with Crippen molar-refractivity contribution in [2.24, 2.45) is 5.92 Å². The van der Waals surface area contributed by atoms with Crippen LogP contribution in [0, 0.1) is 5.92 Å². The summed E-state index contributed by atoms with van der Waals surface area (Å²) in [6.07, 6.45) is -3.27. The van der Waals surface area contributed by atoms with E-state index < -0.39 is 24.0 Å². The zero-order valence-corrected chi connectivity index (χ0v) is 9.63. The van der Waals surface area contributed by atoms with Gasteiger partial charge >= 0.3 is 6.09 Å². The van der Waals surface area contributed by atoms with Crippen molar-refractivity contribution in [2.45, 2.75) is 39.2 Å². The first-order valence-electron chi connectivity index (χ1n) is 4.95. The highest BCUT2D eigenvalue weighted by atomic mass is 19.3. The first-order chi connectivity index (χ1) is 7.26. The minimum absolute atomic E-state index is 0.272. The van der Waals surface area contributed by atoms with Gasteiger partial charge in [0.05, 0.1) is 0 Å². The van der Waals surface area contributed by atoms with Crippen molar-refractivity contribution in [1.29, 1.82) is 0 Å². The Kier molecular flexibility index (Phi) is 5.92. The molecule has 0 aromatic carbocycles. The number of amides is 1. The SMILES string of the molecule is CC(C)(C)OC(=O)NCC(CC=O)C(F)F. The van der Waals surface area contributed by atoms with Gasteiger partial charge < -0.3 is 14.8 Å². The Morgan fingerprint density at radius 2 is 2.00 bits per heavy atom. The fourth-order valence-corrected chi connectivity index (χ4v) is 0.927. The van der Waals surface area contributed by atoms with E-state index in [-0.39, 0.29) is 13.0 Å². The molecule has 0 heterocycles. The molecule has 0 aromatic rings. The normalized spacial score (nSPS) is 13.4. The molecule has 16 heavy (non-hydrogen) atoms. The summed E-state index contributed by atoms with van der Waals surface area (Å²) >= 11 is 0. The molecule has 94 valence electrons. The monoisotopic (exact) mass is 237 g/mol. The Morgan fingerprint density at radius 3 is 2.38 bits per heavy atom. The first-order valence-corrected chi connectivity index (χ1v) is 4.95. The van der Waals surface area contributed by atoms with Gasteiger partial charge in [0.25, 0.3) is 0 Å². The highest BCUT2D eigenvalue weighted by Crippen LogP contribution is 2.12. The average Bonchev–Trinajstić information content (AvgIpc) is 2.08. The third kappa shape index (κ3) is 7.14. The fraction of sp³-hybridized carbons (Fsp3) is 0.800. The summed E-state index contributed by atoms with van der Waals surface area (Å²) in [5.74, 6) is -1.16. The van der Waals surface area contributed by atoms with Crippen molar-refractivity contribution >= 4 is 12.4 Å². The highest BCUT2D eigenvalue weighted by Gasteiger charge is 2.22. The highest BCUT2D eigenvalue weighted by molar-refractivity contribution is 5.67. The summed E-state index contributed by atoms with van der Waals surface area (Å²) < 4.78 is 29.5. The largest absolute Gasteiger partial charge is 0.444 e. The van der Waals surface area contributed by atoms with Gasteiger partial charge in [-0.05, 0) is 20.8 Å². The summed E-state index contributed by atoms with van der Waals surface area (Å²) in [6, 6.07) is 0. The second-order valence-electron chi connectivity index (χ2n) is 4.38. The summed E-state index contributed by atoms with van der Waals surface area (Å²) in [7, 11) is 0. The van der Waals surface area contributed by atoms with Crippen LogP contribution in [0.15, 0.2) is 0 Å². The molecular formula is C10H17F2NO3. The van der Waals surface area contributed by atoms with Crippen LogP contribution in [0.1, 0.15) is 27.2 Å². The van der Waals surface area contributed by atoms with E-state index in [0.29, 0.717) is 6.29 Å². The first kappa shape index (κ1) is 14.8. The summed E-state index contributed by atoms with van der Waals surface area (Å²) in [6.45, 7) is 4.74. The number of hydrogen-bond acceptors (Lipinski definition) is 3. The van der Waals surface area contributed by atoms with Crippen LogP contribution in [0.5, 0.6) is 0 Å². The number of alkyl halides is 2. The molecule has 0 bridgehead atoms. The lowest BCUT2D eigenvalue weighted by Crippen LogP contribution is -2.37. The number of nitrogens with one attached hydrogen (secondary N) is 1. The number of halogens is 2. The molecule has 1 unspecified atom stereocenters. The lowest BCUT2D eigenvalue weighted by Gasteiger charge is -2.21. The number of carbonyl (C=O) groups is 2. The van der Waals surface area contributed by atoms with Gasteiger partial charge in [0.15, 0.2) is 0 Å². The Hall–Kier alpha value is -1.20. The van der Waals surface area contributed by atoms with Crippen LogP contribution in [0.2, 0.25) is 0 Å². The second kappa shape index (κ2) is 6.40. The number of rotatable bonds is 5. The number of aldehydes is 1. The topological polar surface area (TPSA) is 55.4 Å². The molecule has 4 nitrogen and oxygen atoms in total. The van der Waals surface area contributed by atoms with Gasteiger partial charge in [-0.25, -0.2) is 13.6 Å². The van der Waals surface area contributed by atoms with E-state index in [0.717, 1.165) is 0 Å². The second-order valence-corrected chi connectivity index (χ2v) is 4.38. The Morgan fingerprint density at radius 1 is 1.44 bits per heavy atom. The molecule has 0 saturated carbocycles. The van der Waals surface area contributed by atoms with Crippen molar-refractivity contribution in [3.05, 3.63) is 0 Å². The molecule has 1 atom stereocenters. The Labute approximate surface area is 93.3 Å². The van der Waals surface area contributed by atoms with E-state index >= 15 is 0 Å². The summed E-state index contributed by atoms with van der Waals surface area (Å²) in [5, 5.41) is 2.21. The predicted molar refractivity (Wildman–Crippen MR) is 54.4 cm³/mol. The van der Waals surface area contributed by atoms with E-state index in [9.17, 15) is 18.4 Å². The molecule has 1 N–H and O–H groups in total. The molecular weight excluding hydrogens is 220 g/mol. The van der Waals surface area contributed by atoms with Crippen LogP contribution in [0.3, 0.4) is 0 Å². The number of alkyl carbamates (subject to hydrolysis) is 1. The minimum atomic E-state index is -2.64. The zero-order chi connectivity index (χ0) is 12.8. The van der Waals surface area contributed by atoms with Crippen LogP contribution in [-0.2, 0) is 9.53 Å². The maximum absolute atomic E-state index is 12.3. The number of ether oxygens (including phenoxy) is 1. The Bertz CT molecular complexity index is 239. The summed E-state index contributed by atoms with van der Waals surface area (Å²) in [4.78, 5) is 21.2. The van der Waals surface area contributed by atoms with Crippen molar-refractivity contribution in [3.8, 4) is 0 Å². The van der Waals surface area contributed by atoms with Gasteiger partial charge in [-0.2, -0.15) is 0 Å². The average molecular weight is 237 g/mol. The van der Waals surface area contributed by atoms with Crippen LogP contribution in [-0.4, -0.2) is 31.0 Å². The molecule has 0 radical (unpaired) electrons. The van der Waals surface area contributed by atoms with Crippen LogP contribution in [0.25, 0.3) is 0 Å². The number of hydrogen-bond donors (Lipinski definition) is 1. The standard InChI is InChI=1S/C10H17F2NO3/c1-10(2,3)16-9(15)13-6-7(4-5-14)8(11)12/h5,7-8H,4,6H2,1-3H3,(H,13,15). The molecule has 0 aliphatic heterocycles. The van der Waals surface area contributed by atoms with E-state index in [2.05, 4.69) is 5.32 Å². The Balaban J connectivity index is 4.01. The van der Waals surface area contributed by atoms with Crippen LogP contribution < -0.4 is 5.32 Å². The van der Waals surface area contributed by atoms with E-state index in [1.54, 1.807) is 20.8 Å². The molecule has 0 aliphatic carbocycles. The van der Waals surface area contributed by atoms with Gasteiger partial charge in [0.1, 0.15) is 11.9 Å². The van der Waals surface area contributed by atoms with Gasteiger partial charge in [-0.3, -0.25) is 0 Å². The van der Waals surface area contributed by atoms with Gasteiger partial charge in [-0.1, -0.05) is 0 Å². The van der Waals surface area contributed by atoms with Gasteiger partial charge in [0.2, 0.25) is 6.43 Å². The van der Waals surface area contributed by atoms with Gasteiger partial charge in [0, 0.05) is 18.9 Å². The molecule has 0 fully saturated rings. The maximum Gasteiger partial charge on any atom is 0.407 e. The van der Waals surface area contributed by atoms with Gasteiger partial charge in [-0.15, -0.1) is 0 Å². The third-order valence-corrected chi connectivity index (χ3v) is 1.66. The molecule has 0 aliphatic rings. The predicted octanol–water partition coefficient (Wildman–Crippen LogP) is 1.98. The van der Waals surface area contributed by atoms with E-state index in [1.165, 1.54) is 0 Å². The fourth-order valence-electron chi connectivity index (χ4n) is 0.927. The smallest absolute Gasteiger partial charge is 0.407 e. The maximum atomic E-state index is 12.3. The molecule has 0 saturated heterocycles. The molecule has 0 aromatic heterocycles. The van der Waals surface area contributed by atoms with Crippen LogP contribution in [0.4, 0.5) is 13.6 Å². The third-order valence-electron chi connectivity index (χ3n) is 1.66. The quantitative estimate of drug-likeness (QED) is 0.744. The van der Waals surface area contributed by atoms with Crippen molar-refractivity contribution in [3.63, 3.8) is 0 Å². The van der Waals surface area contributed by atoms with Crippen molar-refractivity contribution in [1.82, 2.24) is 5.32 Å².